The molecule has 0 spiro atoms. The number of carbonyl (C=O) groups is 1. The molecule has 0 amide bonds. The Morgan fingerprint density at radius 2 is 2.05 bits per heavy atom. The molecule has 122 valence electrons. The summed E-state index contributed by atoms with van der Waals surface area (Å²) in [6.45, 7) is 4.86. The Kier molecular flexibility index (Phi) is 9.35. The van der Waals surface area contributed by atoms with Crippen LogP contribution in [0.2, 0.25) is 0 Å². The molecule has 0 aromatic carbocycles. The van der Waals surface area contributed by atoms with E-state index in [1.807, 2.05) is 13.0 Å². The van der Waals surface area contributed by atoms with Crippen LogP contribution in [0.3, 0.4) is 0 Å². The van der Waals surface area contributed by atoms with Gasteiger partial charge in [0.2, 0.25) is 0 Å². The average Bonchev–Trinajstić information content (AvgIpc) is 2.54. The van der Waals surface area contributed by atoms with Gasteiger partial charge in [0.25, 0.3) is 0 Å². The van der Waals surface area contributed by atoms with Gasteiger partial charge in [0, 0.05) is 18.2 Å². The zero-order chi connectivity index (χ0) is 15.5. The van der Waals surface area contributed by atoms with Crippen molar-refractivity contribution >= 4 is 5.97 Å². The largest absolute Gasteiger partial charge is 0.466 e. The van der Waals surface area contributed by atoms with Crippen LogP contribution in [-0.4, -0.2) is 50.7 Å². The standard InChI is InChI=1S/C17H32N2O2/c1-4-15(17(20)21-3)11-13-18-12-8-14-19(2)16-9-6-5-7-10-16/h11,16,18H,4-10,12-14H2,1-3H3. The Labute approximate surface area is 129 Å². The van der Waals surface area contributed by atoms with Crippen molar-refractivity contribution in [3.63, 3.8) is 0 Å². The monoisotopic (exact) mass is 296 g/mol. The van der Waals surface area contributed by atoms with Crippen LogP contribution in [0.5, 0.6) is 0 Å². The highest BCUT2D eigenvalue weighted by atomic mass is 16.5. The van der Waals surface area contributed by atoms with Crippen LogP contribution in [0, 0.1) is 0 Å². The molecule has 0 heterocycles. The Bertz CT molecular complexity index is 323. The van der Waals surface area contributed by atoms with E-state index in [0.29, 0.717) is 0 Å². The zero-order valence-electron chi connectivity index (χ0n) is 14.0. The summed E-state index contributed by atoms with van der Waals surface area (Å²) in [7, 11) is 3.68. The third-order valence-electron chi connectivity index (χ3n) is 4.38. The van der Waals surface area contributed by atoms with Crippen molar-refractivity contribution < 1.29 is 9.53 Å². The molecule has 0 aromatic heterocycles. The lowest BCUT2D eigenvalue weighted by Gasteiger charge is -2.31. The summed E-state index contributed by atoms with van der Waals surface area (Å²) in [5.41, 5.74) is 0.754. The van der Waals surface area contributed by atoms with Crippen molar-refractivity contribution in [3.05, 3.63) is 11.6 Å². The maximum atomic E-state index is 11.4. The molecule has 1 saturated carbocycles. The van der Waals surface area contributed by atoms with Crippen molar-refractivity contribution in [2.75, 3.05) is 33.8 Å². The summed E-state index contributed by atoms with van der Waals surface area (Å²) >= 11 is 0. The van der Waals surface area contributed by atoms with Gasteiger partial charge in [0.1, 0.15) is 0 Å². The number of nitrogens with one attached hydrogen (secondary N) is 1. The summed E-state index contributed by atoms with van der Waals surface area (Å²) in [6, 6.07) is 0.796. The van der Waals surface area contributed by atoms with E-state index in [4.69, 9.17) is 4.74 Å². The van der Waals surface area contributed by atoms with Crippen LogP contribution in [0.25, 0.3) is 0 Å². The summed E-state index contributed by atoms with van der Waals surface area (Å²) in [6.07, 6.45) is 10.8. The summed E-state index contributed by atoms with van der Waals surface area (Å²) in [4.78, 5) is 13.9. The lowest BCUT2D eigenvalue weighted by molar-refractivity contribution is -0.136. The van der Waals surface area contributed by atoms with E-state index in [1.165, 1.54) is 39.2 Å². The summed E-state index contributed by atoms with van der Waals surface area (Å²) < 4.78 is 4.74. The van der Waals surface area contributed by atoms with Crippen molar-refractivity contribution in [2.24, 2.45) is 0 Å². The van der Waals surface area contributed by atoms with Gasteiger partial charge in [-0.15, -0.1) is 0 Å². The quantitative estimate of drug-likeness (QED) is 0.403. The highest BCUT2D eigenvalue weighted by molar-refractivity contribution is 5.88. The maximum absolute atomic E-state index is 11.4. The fourth-order valence-corrected chi connectivity index (χ4v) is 2.96. The molecule has 0 unspecified atom stereocenters. The molecule has 0 saturated heterocycles. The van der Waals surface area contributed by atoms with Crippen LogP contribution >= 0.6 is 0 Å². The van der Waals surface area contributed by atoms with E-state index in [9.17, 15) is 4.79 Å². The fourth-order valence-electron chi connectivity index (χ4n) is 2.96. The van der Waals surface area contributed by atoms with Crippen molar-refractivity contribution in [2.45, 2.75) is 57.9 Å². The van der Waals surface area contributed by atoms with Gasteiger partial charge in [-0.3, -0.25) is 0 Å². The molecule has 1 N–H and O–H groups in total. The molecule has 0 aliphatic heterocycles. The second-order valence-electron chi connectivity index (χ2n) is 5.90. The van der Waals surface area contributed by atoms with Crippen molar-refractivity contribution in [3.8, 4) is 0 Å². The molecular weight excluding hydrogens is 264 g/mol. The molecule has 0 bridgehead atoms. The smallest absolute Gasteiger partial charge is 0.333 e. The van der Waals surface area contributed by atoms with Crippen LogP contribution in [0.4, 0.5) is 0 Å². The number of esters is 1. The minimum atomic E-state index is -0.212. The van der Waals surface area contributed by atoms with Crippen LogP contribution in [-0.2, 0) is 9.53 Å². The minimum Gasteiger partial charge on any atom is -0.466 e. The first-order valence-corrected chi connectivity index (χ1v) is 8.37. The number of nitrogens with zero attached hydrogens (tertiary/aromatic N) is 1. The van der Waals surface area contributed by atoms with Gasteiger partial charge >= 0.3 is 5.97 Å². The van der Waals surface area contributed by atoms with E-state index in [-0.39, 0.29) is 5.97 Å². The molecule has 4 heteroatoms. The van der Waals surface area contributed by atoms with Gasteiger partial charge in [-0.25, -0.2) is 4.79 Å². The van der Waals surface area contributed by atoms with Gasteiger partial charge < -0.3 is 15.0 Å². The second-order valence-corrected chi connectivity index (χ2v) is 5.90. The normalized spacial score (nSPS) is 17.2. The van der Waals surface area contributed by atoms with Crippen LogP contribution in [0.1, 0.15) is 51.9 Å². The number of hydrogen-bond donors (Lipinski definition) is 1. The Morgan fingerprint density at radius 3 is 2.67 bits per heavy atom. The highest BCUT2D eigenvalue weighted by Crippen LogP contribution is 2.21. The van der Waals surface area contributed by atoms with E-state index >= 15 is 0 Å². The van der Waals surface area contributed by atoms with Crippen molar-refractivity contribution in [1.82, 2.24) is 10.2 Å². The highest BCUT2D eigenvalue weighted by Gasteiger charge is 2.17. The number of hydrogen-bond acceptors (Lipinski definition) is 4. The third-order valence-corrected chi connectivity index (χ3v) is 4.38. The minimum absolute atomic E-state index is 0.212. The van der Waals surface area contributed by atoms with Crippen LogP contribution in [0.15, 0.2) is 11.6 Å². The molecule has 21 heavy (non-hydrogen) atoms. The Balaban J connectivity index is 2.10. The van der Waals surface area contributed by atoms with Gasteiger partial charge in [-0.2, -0.15) is 0 Å². The van der Waals surface area contributed by atoms with Gasteiger partial charge in [0.15, 0.2) is 0 Å². The Morgan fingerprint density at radius 1 is 1.33 bits per heavy atom. The molecule has 0 atom stereocenters. The lowest BCUT2D eigenvalue weighted by atomic mass is 9.94. The lowest BCUT2D eigenvalue weighted by Crippen LogP contribution is -2.35. The summed E-state index contributed by atoms with van der Waals surface area (Å²) in [5, 5.41) is 3.38. The molecule has 1 rings (SSSR count). The summed E-state index contributed by atoms with van der Waals surface area (Å²) in [5.74, 6) is -0.212. The molecule has 1 aliphatic carbocycles. The van der Waals surface area contributed by atoms with E-state index < -0.39 is 0 Å². The maximum Gasteiger partial charge on any atom is 0.333 e. The average molecular weight is 296 g/mol. The molecule has 0 aromatic rings. The molecule has 0 radical (unpaired) electrons. The first-order valence-electron chi connectivity index (χ1n) is 8.37. The number of carbonyl (C=O) groups excluding carboxylic acids is 1. The topological polar surface area (TPSA) is 41.6 Å². The van der Waals surface area contributed by atoms with Gasteiger partial charge in [-0.05, 0) is 45.8 Å². The van der Waals surface area contributed by atoms with E-state index in [2.05, 4.69) is 17.3 Å². The third kappa shape index (κ3) is 7.09. The first-order chi connectivity index (χ1) is 10.2. The zero-order valence-corrected chi connectivity index (χ0v) is 14.0. The number of methoxy groups -OCH3 is 1. The van der Waals surface area contributed by atoms with Gasteiger partial charge in [-0.1, -0.05) is 32.3 Å². The Hall–Kier alpha value is -0.870. The fraction of sp³-hybridized carbons (Fsp3) is 0.824. The molecule has 1 aliphatic rings. The van der Waals surface area contributed by atoms with E-state index in [1.54, 1.807) is 0 Å². The second kappa shape index (κ2) is 10.8. The molecule has 4 nitrogen and oxygen atoms in total. The number of ether oxygens (including phenoxy) is 1. The van der Waals surface area contributed by atoms with Gasteiger partial charge in [0.05, 0.1) is 7.11 Å². The van der Waals surface area contributed by atoms with Crippen LogP contribution < -0.4 is 5.32 Å². The molecular formula is C17H32N2O2. The van der Waals surface area contributed by atoms with E-state index in [0.717, 1.165) is 44.1 Å². The predicted octanol–water partition coefficient (Wildman–Crippen LogP) is 2.74. The predicted molar refractivity (Wildman–Crippen MR) is 87.4 cm³/mol. The number of rotatable bonds is 9. The van der Waals surface area contributed by atoms with Crippen molar-refractivity contribution in [1.29, 1.82) is 0 Å². The SMILES string of the molecule is CCC(=CCNCCCN(C)C1CCCCC1)C(=O)OC. The first kappa shape index (κ1) is 18.2. The molecule has 1 fully saturated rings.